The zero-order chi connectivity index (χ0) is 23.9. The molecule has 172 valence electrons. The molecule has 0 unspecified atom stereocenters. The Balaban J connectivity index is 0.000000451. The Morgan fingerprint density at radius 2 is 1.56 bits per heavy atom. The van der Waals surface area contributed by atoms with Gasteiger partial charge in [-0.05, 0) is 30.3 Å². The molecule has 0 saturated carbocycles. The molecule has 2 aromatic rings. The molecule has 1 aliphatic rings. The number of carbonyl (C=O) groups is 3. The highest BCUT2D eigenvalue weighted by atomic mass is 19.4. The molecule has 2 aromatic carbocycles. The summed E-state index contributed by atoms with van der Waals surface area (Å²) in [5.41, 5.74) is 0.840. The van der Waals surface area contributed by atoms with Crippen molar-refractivity contribution in [2.75, 3.05) is 36.5 Å². The second-order valence-electron chi connectivity index (χ2n) is 6.37. The molecule has 1 aliphatic heterocycles. The summed E-state index contributed by atoms with van der Waals surface area (Å²) < 4.78 is 50.7. The van der Waals surface area contributed by atoms with Gasteiger partial charge in [0.2, 0.25) is 0 Å². The van der Waals surface area contributed by atoms with E-state index in [1.165, 1.54) is 24.3 Å². The van der Waals surface area contributed by atoms with E-state index in [1.54, 1.807) is 18.2 Å². The van der Waals surface area contributed by atoms with Gasteiger partial charge < -0.3 is 25.2 Å². The van der Waals surface area contributed by atoms with Crippen LogP contribution in [-0.4, -0.2) is 60.5 Å². The van der Waals surface area contributed by atoms with Gasteiger partial charge in [0.15, 0.2) is 0 Å². The zero-order valence-corrected chi connectivity index (χ0v) is 16.4. The van der Waals surface area contributed by atoms with Crippen molar-refractivity contribution in [3.63, 3.8) is 0 Å². The summed E-state index contributed by atoms with van der Waals surface area (Å²) in [6.07, 6.45) is -5.08. The van der Waals surface area contributed by atoms with Crippen LogP contribution in [0.5, 0.6) is 0 Å². The highest BCUT2D eigenvalue weighted by Gasteiger charge is 2.38. The van der Waals surface area contributed by atoms with Gasteiger partial charge in [0, 0.05) is 18.8 Å². The molecule has 0 bridgehead atoms. The standard InChI is InChI=1S/C18H17FN2O4.C2HF3O2/c19-15-4-2-1-3-13(15)17(22)20-12-5-6-16(14(11-12)18(23)24)21-7-9-25-10-8-21;3-2(4,5)1(6)7/h1-6,11H,7-10H2,(H,20,22)(H,23,24);(H,6,7). The fourth-order valence-electron chi connectivity index (χ4n) is 2.71. The van der Waals surface area contributed by atoms with Gasteiger partial charge in [-0.25, -0.2) is 14.0 Å². The average molecular weight is 458 g/mol. The minimum atomic E-state index is -5.08. The second kappa shape index (κ2) is 10.6. The Hall–Kier alpha value is -3.67. The first kappa shape index (κ1) is 24.6. The van der Waals surface area contributed by atoms with Crippen LogP contribution < -0.4 is 10.2 Å². The van der Waals surface area contributed by atoms with E-state index >= 15 is 0 Å². The van der Waals surface area contributed by atoms with Crippen LogP contribution >= 0.6 is 0 Å². The largest absolute Gasteiger partial charge is 0.490 e. The number of amides is 1. The first-order chi connectivity index (χ1) is 15.0. The van der Waals surface area contributed by atoms with E-state index in [0.717, 1.165) is 0 Å². The van der Waals surface area contributed by atoms with E-state index in [1.807, 2.05) is 4.90 Å². The van der Waals surface area contributed by atoms with Crippen molar-refractivity contribution in [1.29, 1.82) is 0 Å². The first-order valence-electron chi connectivity index (χ1n) is 9.06. The van der Waals surface area contributed by atoms with Crippen molar-refractivity contribution < 1.29 is 46.9 Å². The minimum Gasteiger partial charge on any atom is -0.478 e. The predicted molar refractivity (Wildman–Crippen MR) is 104 cm³/mol. The fourth-order valence-corrected chi connectivity index (χ4v) is 2.71. The third kappa shape index (κ3) is 6.67. The van der Waals surface area contributed by atoms with E-state index < -0.39 is 29.8 Å². The lowest BCUT2D eigenvalue weighted by molar-refractivity contribution is -0.192. The van der Waals surface area contributed by atoms with Gasteiger partial charge in [-0.3, -0.25) is 4.79 Å². The number of carboxylic acids is 2. The van der Waals surface area contributed by atoms with Crippen LogP contribution in [0.25, 0.3) is 0 Å². The molecule has 0 radical (unpaired) electrons. The normalized spacial score (nSPS) is 13.6. The summed E-state index contributed by atoms with van der Waals surface area (Å²) in [5, 5.41) is 19.1. The molecule has 3 rings (SSSR count). The lowest BCUT2D eigenvalue weighted by Gasteiger charge is -2.30. The molecule has 1 heterocycles. The summed E-state index contributed by atoms with van der Waals surface area (Å²) in [5.74, 6) is -5.12. The maximum Gasteiger partial charge on any atom is 0.490 e. The number of carbonyl (C=O) groups excluding carboxylic acids is 1. The van der Waals surface area contributed by atoms with E-state index in [0.29, 0.717) is 37.7 Å². The molecule has 8 nitrogen and oxygen atoms in total. The quantitative estimate of drug-likeness (QED) is 0.603. The average Bonchev–Trinajstić information content (AvgIpc) is 2.74. The minimum absolute atomic E-state index is 0.0771. The molecule has 32 heavy (non-hydrogen) atoms. The first-order valence-corrected chi connectivity index (χ1v) is 9.06. The van der Waals surface area contributed by atoms with Gasteiger partial charge in [0.1, 0.15) is 5.82 Å². The highest BCUT2D eigenvalue weighted by Crippen LogP contribution is 2.26. The molecule has 0 spiro atoms. The van der Waals surface area contributed by atoms with Crippen LogP contribution in [-0.2, 0) is 9.53 Å². The van der Waals surface area contributed by atoms with Crippen molar-refractivity contribution >= 4 is 29.2 Å². The second-order valence-corrected chi connectivity index (χ2v) is 6.37. The monoisotopic (exact) mass is 458 g/mol. The summed E-state index contributed by atoms with van der Waals surface area (Å²) in [6, 6.07) is 10.2. The molecular weight excluding hydrogens is 440 g/mol. The van der Waals surface area contributed by atoms with E-state index in [4.69, 9.17) is 14.6 Å². The van der Waals surface area contributed by atoms with Gasteiger partial charge >= 0.3 is 18.1 Å². The van der Waals surface area contributed by atoms with E-state index in [2.05, 4.69) is 5.32 Å². The zero-order valence-electron chi connectivity index (χ0n) is 16.4. The number of aliphatic carboxylic acids is 1. The van der Waals surface area contributed by atoms with Gasteiger partial charge in [0.25, 0.3) is 5.91 Å². The molecule has 12 heteroatoms. The Bertz CT molecular complexity index is 990. The smallest absolute Gasteiger partial charge is 0.478 e. The Labute approximate surface area is 179 Å². The molecule has 0 aliphatic carbocycles. The molecule has 3 N–H and O–H groups in total. The number of alkyl halides is 3. The number of morpholine rings is 1. The van der Waals surface area contributed by atoms with E-state index in [9.17, 15) is 32.3 Å². The van der Waals surface area contributed by atoms with Crippen molar-refractivity contribution in [3.05, 3.63) is 59.4 Å². The molecule has 0 aromatic heterocycles. The van der Waals surface area contributed by atoms with E-state index in [-0.39, 0.29) is 11.1 Å². The number of hydrogen-bond acceptors (Lipinski definition) is 5. The SMILES string of the molecule is O=C(Nc1ccc(N2CCOCC2)c(C(=O)O)c1)c1ccccc1F.O=C(O)C(F)(F)F. The Morgan fingerprint density at radius 1 is 0.969 bits per heavy atom. The van der Waals surface area contributed by atoms with Crippen molar-refractivity contribution in [3.8, 4) is 0 Å². The van der Waals surface area contributed by atoms with Gasteiger partial charge in [0.05, 0.1) is 30.0 Å². The number of anilines is 2. The highest BCUT2D eigenvalue weighted by molar-refractivity contribution is 6.05. The number of aromatic carboxylic acids is 1. The summed E-state index contributed by atoms with van der Waals surface area (Å²) in [4.78, 5) is 34.6. The van der Waals surface area contributed by atoms with Gasteiger partial charge in [-0.2, -0.15) is 13.2 Å². The molecular formula is C20H18F4N2O6. The summed E-state index contributed by atoms with van der Waals surface area (Å²) in [7, 11) is 0. The number of rotatable bonds is 4. The van der Waals surface area contributed by atoms with Crippen LogP contribution in [0.2, 0.25) is 0 Å². The molecule has 1 saturated heterocycles. The maximum absolute atomic E-state index is 13.7. The lowest BCUT2D eigenvalue weighted by atomic mass is 10.1. The molecule has 0 atom stereocenters. The topological polar surface area (TPSA) is 116 Å². The van der Waals surface area contributed by atoms with Crippen LogP contribution in [0.15, 0.2) is 42.5 Å². The van der Waals surface area contributed by atoms with Crippen molar-refractivity contribution in [2.24, 2.45) is 0 Å². The number of hydrogen-bond donors (Lipinski definition) is 3. The predicted octanol–water partition coefficient (Wildman–Crippen LogP) is 3.25. The molecule has 1 fully saturated rings. The number of benzene rings is 2. The molecule has 1 amide bonds. The summed E-state index contributed by atoms with van der Waals surface area (Å²) >= 11 is 0. The fraction of sp³-hybridized carbons (Fsp3) is 0.250. The van der Waals surface area contributed by atoms with Gasteiger partial charge in [-0.1, -0.05) is 12.1 Å². The Kier molecular flexibility index (Phi) is 8.13. The van der Waals surface area contributed by atoms with Crippen LogP contribution in [0.4, 0.5) is 28.9 Å². The maximum atomic E-state index is 13.7. The van der Waals surface area contributed by atoms with Crippen LogP contribution in [0, 0.1) is 5.82 Å². The Morgan fingerprint density at radius 3 is 2.09 bits per heavy atom. The van der Waals surface area contributed by atoms with Crippen molar-refractivity contribution in [1.82, 2.24) is 0 Å². The number of halogens is 4. The van der Waals surface area contributed by atoms with Crippen LogP contribution in [0.1, 0.15) is 20.7 Å². The number of nitrogens with zero attached hydrogens (tertiary/aromatic N) is 1. The summed E-state index contributed by atoms with van der Waals surface area (Å²) in [6.45, 7) is 2.26. The number of ether oxygens (including phenoxy) is 1. The third-order valence-electron chi connectivity index (χ3n) is 4.20. The number of carboxylic acid groups (broad SMARTS) is 2. The number of nitrogens with one attached hydrogen (secondary N) is 1. The van der Waals surface area contributed by atoms with Gasteiger partial charge in [-0.15, -0.1) is 0 Å². The lowest BCUT2D eigenvalue weighted by Crippen LogP contribution is -2.37. The third-order valence-corrected chi connectivity index (χ3v) is 4.20. The van der Waals surface area contributed by atoms with Crippen molar-refractivity contribution in [2.45, 2.75) is 6.18 Å². The van der Waals surface area contributed by atoms with Crippen LogP contribution in [0.3, 0.4) is 0 Å².